The third-order valence-corrected chi connectivity index (χ3v) is 3.69. The Bertz CT molecular complexity index is 332. The summed E-state index contributed by atoms with van der Waals surface area (Å²) in [6.07, 6.45) is 4.05. The second kappa shape index (κ2) is 4.99. The molecule has 2 N–H and O–H groups in total. The number of nitrogen functional groups attached to an aromatic ring is 1. The van der Waals surface area contributed by atoms with E-state index in [2.05, 4.69) is 26.9 Å². The standard InChI is InChI=1S/C12H17BrN2/c13-12-5-4-11(14)8-10(12)9-15-6-2-1-3-7-15/h4-5,8H,1-3,6-7,9,14H2. The molecule has 0 unspecified atom stereocenters. The fourth-order valence-corrected chi connectivity index (χ4v) is 2.45. The number of likely N-dealkylation sites (tertiary alicyclic amines) is 1. The maximum absolute atomic E-state index is 5.79. The average molecular weight is 269 g/mol. The van der Waals surface area contributed by atoms with Crippen LogP contribution in [-0.4, -0.2) is 18.0 Å². The Balaban J connectivity index is 2.05. The number of rotatable bonds is 2. The van der Waals surface area contributed by atoms with Crippen molar-refractivity contribution < 1.29 is 0 Å². The van der Waals surface area contributed by atoms with Crippen LogP contribution in [0.3, 0.4) is 0 Å². The van der Waals surface area contributed by atoms with Gasteiger partial charge in [-0.15, -0.1) is 0 Å². The van der Waals surface area contributed by atoms with Gasteiger partial charge in [0.2, 0.25) is 0 Å². The minimum atomic E-state index is 0.852. The van der Waals surface area contributed by atoms with Gasteiger partial charge in [-0.2, -0.15) is 0 Å². The number of hydrogen-bond acceptors (Lipinski definition) is 2. The van der Waals surface area contributed by atoms with Crippen molar-refractivity contribution in [2.24, 2.45) is 0 Å². The van der Waals surface area contributed by atoms with Crippen molar-refractivity contribution in [3.05, 3.63) is 28.2 Å². The Kier molecular flexibility index (Phi) is 3.65. The Morgan fingerprint density at radius 1 is 1.20 bits per heavy atom. The minimum absolute atomic E-state index is 0.852. The van der Waals surface area contributed by atoms with E-state index in [1.54, 1.807) is 0 Å². The summed E-state index contributed by atoms with van der Waals surface area (Å²) in [6, 6.07) is 6.04. The van der Waals surface area contributed by atoms with Gasteiger partial charge in [-0.25, -0.2) is 0 Å². The van der Waals surface area contributed by atoms with Gasteiger partial charge in [-0.3, -0.25) is 4.90 Å². The number of hydrogen-bond donors (Lipinski definition) is 1. The van der Waals surface area contributed by atoms with Crippen molar-refractivity contribution in [3.63, 3.8) is 0 Å². The number of anilines is 1. The van der Waals surface area contributed by atoms with E-state index >= 15 is 0 Å². The van der Waals surface area contributed by atoms with Gasteiger partial charge in [-0.1, -0.05) is 22.4 Å². The predicted octanol–water partition coefficient (Wildman–Crippen LogP) is 3.02. The summed E-state index contributed by atoms with van der Waals surface area (Å²) in [5, 5.41) is 0. The molecule has 1 aliphatic rings. The molecule has 1 saturated heterocycles. The molecule has 0 saturated carbocycles. The SMILES string of the molecule is Nc1ccc(Br)c(CN2CCCCC2)c1. The van der Waals surface area contributed by atoms with Crippen LogP contribution in [0.15, 0.2) is 22.7 Å². The summed E-state index contributed by atoms with van der Waals surface area (Å²) in [7, 11) is 0. The molecule has 0 atom stereocenters. The molecule has 2 rings (SSSR count). The zero-order valence-electron chi connectivity index (χ0n) is 8.88. The van der Waals surface area contributed by atoms with Gasteiger partial charge in [0, 0.05) is 16.7 Å². The molecule has 0 aromatic heterocycles. The van der Waals surface area contributed by atoms with Crippen molar-refractivity contribution in [2.45, 2.75) is 25.8 Å². The van der Waals surface area contributed by atoms with Crippen molar-refractivity contribution in [2.75, 3.05) is 18.8 Å². The fourth-order valence-electron chi connectivity index (χ4n) is 2.07. The highest BCUT2D eigenvalue weighted by molar-refractivity contribution is 9.10. The zero-order chi connectivity index (χ0) is 10.7. The first-order valence-corrected chi connectivity index (χ1v) is 6.31. The van der Waals surface area contributed by atoms with Gasteiger partial charge in [0.1, 0.15) is 0 Å². The van der Waals surface area contributed by atoms with Crippen molar-refractivity contribution >= 4 is 21.6 Å². The maximum atomic E-state index is 5.79. The van der Waals surface area contributed by atoms with Crippen LogP contribution in [0.25, 0.3) is 0 Å². The largest absolute Gasteiger partial charge is 0.399 e. The van der Waals surface area contributed by atoms with Gasteiger partial charge < -0.3 is 5.73 Å². The van der Waals surface area contributed by atoms with Crippen LogP contribution in [0, 0.1) is 0 Å². The second-order valence-corrected chi connectivity index (χ2v) is 5.04. The van der Waals surface area contributed by atoms with E-state index in [1.165, 1.54) is 42.4 Å². The summed E-state index contributed by atoms with van der Waals surface area (Å²) in [5.41, 5.74) is 7.95. The van der Waals surface area contributed by atoms with Crippen LogP contribution in [0.4, 0.5) is 5.69 Å². The quantitative estimate of drug-likeness (QED) is 0.836. The Hall–Kier alpha value is -0.540. The van der Waals surface area contributed by atoms with E-state index in [-0.39, 0.29) is 0 Å². The van der Waals surface area contributed by atoms with Crippen molar-refractivity contribution in [1.29, 1.82) is 0 Å². The molecule has 1 fully saturated rings. The molecule has 0 spiro atoms. The Morgan fingerprint density at radius 2 is 1.93 bits per heavy atom. The van der Waals surface area contributed by atoms with E-state index < -0.39 is 0 Å². The second-order valence-electron chi connectivity index (χ2n) is 4.19. The first-order valence-electron chi connectivity index (χ1n) is 5.52. The third-order valence-electron chi connectivity index (χ3n) is 2.91. The van der Waals surface area contributed by atoms with Gasteiger partial charge in [-0.05, 0) is 49.7 Å². The molecule has 0 aliphatic carbocycles. The third kappa shape index (κ3) is 2.95. The van der Waals surface area contributed by atoms with E-state index in [9.17, 15) is 0 Å². The number of nitrogens with two attached hydrogens (primary N) is 1. The lowest BCUT2D eigenvalue weighted by atomic mass is 10.1. The topological polar surface area (TPSA) is 29.3 Å². The number of benzene rings is 1. The number of nitrogens with zero attached hydrogens (tertiary/aromatic N) is 1. The average Bonchev–Trinajstić information content (AvgIpc) is 2.25. The lowest BCUT2D eigenvalue weighted by Gasteiger charge is -2.26. The van der Waals surface area contributed by atoms with Gasteiger partial charge in [0.25, 0.3) is 0 Å². The summed E-state index contributed by atoms with van der Waals surface area (Å²) in [6.45, 7) is 3.47. The van der Waals surface area contributed by atoms with Gasteiger partial charge in [0.15, 0.2) is 0 Å². The molecule has 0 bridgehead atoms. The predicted molar refractivity (Wildman–Crippen MR) is 67.7 cm³/mol. The van der Waals surface area contributed by atoms with E-state index in [0.717, 1.165) is 12.2 Å². The highest BCUT2D eigenvalue weighted by Gasteiger charge is 2.11. The minimum Gasteiger partial charge on any atom is -0.399 e. The highest BCUT2D eigenvalue weighted by Crippen LogP contribution is 2.22. The normalized spacial score (nSPS) is 17.9. The Labute approximate surface area is 99.6 Å². The van der Waals surface area contributed by atoms with Crippen LogP contribution in [0.2, 0.25) is 0 Å². The van der Waals surface area contributed by atoms with Crippen LogP contribution in [0.5, 0.6) is 0 Å². The fraction of sp³-hybridized carbons (Fsp3) is 0.500. The van der Waals surface area contributed by atoms with E-state index in [4.69, 9.17) is 5.73 Å². The summed E-state index contributed by atoms with van der Waals surface area (Å²) >= 11 is 3.58. The molecule has 1 aromatic rings. The first-order chi connectivity index (χ1) is 7.25. The molecule has 82 valence electrons. The lowest BCUT2D eigenvalue weighted by Crippen LogP contribution is -2.29. The molecule has 2 nitrogen and oxygen atoms in total. The summed E-state index contributed by atoms with van der Waals surface area (Å²) < 4.78 is 1.17. The molecule has 0 amide bonds. The molecular formula is C12H17BrN2. The van der Waals surface area contributed by atoms with Crippen LogP contribution in [-0.2, 0) is 6.54 Å². The smallest absolute Gasteiger partial charge is 0.0318 e. The monoisotopic (exact) mass is 268 g/mol. The summed E-state index contributed by atoms with van der Waals surface area (Å²) in [5.74, 6) is 0. The summed E-state index contributed by atoms with van der Waals surface area (Å²) in [4.78, 5) is 2.50. The van der Waals surface area contributed by atoms with Gasteiger partial charge in [0.05, 0.1) is 0 Å². The molecule has 0 radical (unpaired) electrons. The molecule has 1 aromatic carbocycles. The van der Waals surface area contributed by atoms with Crippen molar-refractivity contribution in [3.8, 4) is 0 Å². The molecule has 3 heteroatoms. The lowest BCUT2D eigenvalue weighted by molar-refractivity contribution is 0.220. The van der Waals surface area contributed by atoms with E-state index in [0.29, 0.717) is 0 Å². The van der Waals surface area contributed by atoms with Crippen molar-refractivity contribution in [1.82, 2.24) is 4.90 Å². The number of halogens is 1. The maximum Gasteiger partial charge on any atom is 0.0318 e. The molecule has 1 heterocycles. The zero-order valence-corrected chi connectivity index (χ0v) is 10.5. The number of piperidine rings is 1. The highest BCUT2D eigenvalue weighted by atomic mass is 79.9. The van der Waals surface area contributed by atoms with Crippen LogP contribution >= 0.6 is 15.9 Å². The first kappa shape index (κ1) is 11.0. The van der Waals surface area contributed by atoms with Crippen LogP contribution in [0.1, 0.15) is 24.8 Å². The molecule has 1 aliphatic heterocycles. The van der Waals surface area contributed by atoms with E-state index in [1.807, 2.05) is 12.1 Å². The molecular weight excluding hydrogens is 252 g/mol. The van der Waals surface area contributed by atoms with Crippen LogP contribution < -0.4 is 5.73 Å². The Morgan fingerprint density at radius 3 is 2.67 bits per heavy atom. The van der Waals surface area contributed by atoms with Gasteiger partial charge >= 0.3 is 0 Å². The molecule has 15 heavy (non-hydrogen) atoms.